The molecule has 2 atom stereocenters. The first-order chi connectivity index (χ1) is 10.3. The van der Waals surface area contributed by atoms with Crippen LogP contribution in [-0.4, -0.2) is 29.5 Å². The second kappa shape index (κ2) is 5.41. The van der Waals surface area contributed by atoms with E-state index in [0.29, 0.717) is 5.78 Å². The average Bonchev–Trinajstić information content (AvgIpc) is 3.15. The Morgan fingerprint density at radius 1 is 1.33 bits per heavy atom. The van der Waals surface area contributed by atoms with Crippen LogP contribution in [0, 0.1) is 5.92 Å². The lowest BCUT2D eigenvalue weighted by Gasteiger charge is -2.37. The van der Waals surface area contributed by atoms with Gasteiger partial charge in [0.25, 0.3) is 0 Å². The maximum absolute atomic E-state index is 12.9. The van der Waals surface area contributed by atoms with Crippen molar-refractivity contribution < 1.29 is 9.53 Å². The van der Waals surface area contributed by atoms with Crippen molar-refractivity contribution in [2.45, 2.75) is 38.0 Å². The number of thioether (sulfide) groups is 1. The third-order valence-corrected chi connectivity index (χ3v) is 6.28. The van der Waals surface area contributed by atoms with E-state index in [2.05, 4.69) is 17.4 Å². The normalized spacial score (nSPS) is 31.5. The van der Waals surface area contributed by atoms with Crippen molar-refractivity contribution in [3.05, 3.63) is 34.9 Å². The van der Waals surface area contributed by atoms with Crippen LogP contribution in [0.2, 0.25) is 0 Å². The van der Waals surface area contributed by atoms with Crippen molar-refractivity contribution in [2.24, 2.45) is 5.92 Å². The number of hydrogen-bond donors (Lipinski definition) is 1. The first kappa shape index (κ1) is 13.8. The van der Waals surface area contributed by atoms with Crippen LogP contribution in [0.4, 0.5) is 0 Å². The molecule has 0 aromatic heterocycles. The van der Waals surface area contributed by atoms with Gasteiger partial charge in [-0.3, -0.25) is 4.79 Å². The summed E-state index contributed by atoms with van der Waals surface area (Å²) in [7, 11) is 0. The lowest BCUT2D eigenvalue weighted by atomic mass is 9.81. The molecule has 0 amide bonds. The largest absolute Gasteiger partial charge is 0.374 e. The summed E-state index contributed by atoms with van der Waals surface area (Å²) in [5, 5.41) is 3.34. The van der Waals surface area contributed by atoms with E-state index in [1.807, 2.05) is 17.8 Å². The standard InChI is InChI=1S/C17H21NO2S/c19-16(12-1-2-14-9-18-10-15(14)7-12)13-3-5-20-17(8-13)4-6-21-11-17/h1-2,7,13,18H,3-6,8-11H2. The Bertz CT molecular complexity index is 566. The molecule has 1 N–H and O–H groups in total. The van der Waals surface area contributed by atoms with E-state index in [0.717, 1.165) is 50.3 Å². The molecule has 2 unspecified atom stereocenters. The van der Waals surface area contributed by atoms with E-state index in [4.69, 9.17) is 4.74 Å². The summed E-state index contributed by atoms with van der Waals surface area (Å²) < 4.78 is 6.03. The number of rotatable bonds is 2. The highest BCUT2D eigenvalue weighted by atomic mass is 32.2. The average molecular weight is 303 g/mol. The number of ether oxygens (including phenoxy) is 1. The van der Waals surface area contributed by atoms with E-state index in [9.17, 15) is 4.79 Å². The number of fused-ring (bicyclic) bond motifs is 1. The van der Waals surface area contributed by atoms with Crippen LogP contribution in [0.25, 0.3) is 0 Å². The van der Waals surface area contributed by atoms with Crippen LogP contribution in [-0.2, 0) is 17.8 Å². The SMILES string of the molecule is O=C(c1ccc2c(c1)CNC2)C1CCOC2(CCSC2)C1. The van der Waals surface area contributed by atoms with Gasteiger partial charge in [-0.15, -0.1) is 0 Å². The van der Waals surface area contributed by atoms with E-state index in [-0.39, 0.29) is 11.5 Å². The predicted molar refractivity (Wildman–Crippen MR) is 84.7 cm³/mol. The molecule has 4 rings (SSSR count). The number of carbonyl (C=O) groups is 1. The summed E-state index contributed by atoms with van der Waals surface area (Å²) in [6.07, 6.45) is 2.89. The Morgan fingerprint density at radius 2 is 2.24 bits per heavy atom. The zero-order valence-corrected chi connectivity index (χ0v) is 13.0. The van der Waals surface area contributed by atoms with E-state index < -0.39 is 0 Å². The first-order valence-corrected chi connectivity index (χ1v) is 9.00. The molecule has 4 heteroatoms. The van der Waals surface area contributed by atoms with Crippen molar-refractivity contribution in [3.63, 3.8) is 0 Å². The van der Waals surface area contributed by atoms with E-state index in [1.165, 1.54) is 16.9 Å². The Hall–Kier alpha value is -0.840. The molecule has 1 aromatic carbocycles. The number of ketones is 1. The Kier molecular flexibility index (Phi) is 3.56. The van der Waals surface area contributed by atoms with Crippen molar-refractivity contribution in [3.8, 4) is 0 Å². The number of hydrogen-bond acceptors (Lipinski definition) is 4. The second-order valence-electron chi connectivity index (χ2n) is 6.48. The fourth-order valence-corrected chi connectivity index (χ4v) is 5.18. The first-order valence-electron chi connectivity index (χ1n) is 7.84. The molecule has 21 heavy (non-hydrogen) atoms. The zero-order chi connectivity index (χ0) is 14.3. The van der Waals surface area contributed by atoms with Gasteiger partial charge in [0.05, 0.1) is 5.60 Å². The Labute approximate surface area is 129 Å². The molecule has 1 aromatic rings. The van der Waals surface area contributed by atoms with Crippen LogP contribution in [0.5, 0.6) is 0 Å². The molecule has 3 aliphatic heterocycles. The van der Waals surface area contributed by atoms with E-state index >= 15 is 0 Å². The zero-order valence-electron chi connectivity index (χ0n) is 12.2. The molecule has 2 saturated heterocycles. The molecule has 1 spiro atoms. The third kappa shape index (κ3) is 2.54. The fourth-order valence-electron chi connectivity index (χ4n) is 3.80. The monoisotopic (exact) mass is 303 g/mol. The van der Waals surface area contributed by atoms with Gasteiger partial charge in [0.2, 0.25) is 0 Å². The minimum atomic E-state index is -0.0124. The lowest BCUT2D eigenvalue weighted by molar-refractivity contribution is -0.0734. The summed E-state index contributed by atoms with van der Waals surface area (Å²) in [6, 6.07) is 6.23. The highest BCUT2D eigenvalue weighted by Gasteiger charge is 2.42. The van der Waals surface area contributed by atoms with Crippen molar-refractivity contribution in [2.75, 3.05) is 18.1 Å². The number of nitrogens with one attached hydrogen (secondary N) is 1. The van der Waals surface area contributed by atoms with Crippen molar-refractivity contribution in [1.29, 1.82) is 0 Å². The molecule has 3 nitrogen and oxygen atoms in total. The molecule has 0 saturated carbocycles. The van der Waals surface area contributed by atoms with Gasteiger partial charge in [-0.05, 0) is 42.2 Å². The van der Waals surface area contributed by atoms with Crippen LogP contribution < -0.4 is 5.32 Å². The lowest BCUT2D eigenvalue weighted by Crippen LogP contribution is -2.42. The summed E-state index contributed by atoms with van der Waals surface area (Å²) in [5.41, 5.74) is 3.51. The Balaban J connectivity index is 1.54. The maximum atomic E-state index is 12.9. The topological polar surface area (TPSA) is 38.3 Å². The van der Waals surface area contributed by atoms with Gasteiger partial charge in [0.15, 0.2) is 5.78 Å². The molecule has 0 radical (unpaired) electrons. The molecule has 3 heterocycles. The van der Waals surface area contributed by atoms with Gasteiger partial charge in [0, 0.05) is 36.9 Å². The number of benzene rings is 1. The van der Waals surface area contributed by atoms with Gasteiger partial charge in [-0.2, -0.15) is 11.8 Å². The van der Waals surface area contributed by atoms with E-state index in [1.54, 1.807) is 0 Å². The summed E-state index contributed by atoms with van der Waals surface area (Å²) >= 11 is 1.96. The summed E-state index contributed by atoms with van der Waals surface area (Å²) in [6.45, 7) is 2.57. The molecule has 2 fully saturated rings. The van der Waals surface area contributed by atoms with Crippen LogP contribution in [0.15, 0.2) is 18.2 Å². The predicted octanol–water partition coefficient (Wildman–Crippen LogP) is 2.77. The second-order valence-corrected chi connectivity index (χ2v) is 7.58. The molecule has 112 valence electrons. The van der Waals surface area contributed by atoms with Crippen molar-refractivity contribution in [1.82, 2.24) is 5.32 Å². The molecular weight excluding hydrogens is 282 g/mol. The highest BCUT2D eigenvalue weighted by molar-refractivity contribution is 7.99. The minimum Gasteiger partial charge on any atom is -0.374 e. The maximum Gasteiger partial charge on any atom is 0.166 e. The van der Waals surface area contributed by atoms with Gasteiger partial charge < -0.3 is 10.1 Å². The molecule has 0 aliphatic carbocycles. The van der Waals surface area contributed by atoms with Crippen molar-refractivity contribution >= 4 is 17.5 Å². The van der Waals surface area contributed by atoms with Crippen LogP contribution >= 0.6 is 11.8 Å². The van der Waals surface area contributed by atoms with Crippen LogP contribution in [0.3, 0.4) is 0 Å². The molecular formula is C17H21NO2S. The minimum absolute atomic E-state index is 0.0124. The Morgan fingerprint density at radius 3 is 3.10 bits per heavy atom. The van der Waals surface area contributed by atoms with Gasteiger partial charge >= 0.3 is 0 Å². The summed E-state index contributed by atoms with van der Waals surface area (Å²) in [4.78, 5) is 12.9. The van der Waals surface area contributed by atoms with Gasteiger partial charge in [-0.1, -0.05) is 12.1 Å². The quantitative estimate of drug-likeness (QED) is 0.853. The number of carbonyl (C=O) groups excluding carboxylic acids is 1. The van der Waals surface area contributed by atoms with Gasteiger partial charge in [-0.25, -0.2) is 0 Å². The van der Waals surface area contributed by atoms with Crippen LogP contribution in [0.1, 0.15) is 40.7 Å². The smallest absolute Gasteiger partial charge is 0.166 e. The van der Waals surface area contributed by atoms with Gasteiger partial charge in [0.1, 0.15) is 0 Å². The molecule has 3 aliphatic rings. The summed E-state index contributed by atoms with van der Waals surface area (Å²) in [5.74, 6) is 2.70. The fraction of sp³-hybridized carbons (Fsp3) is 0.588. The molecule has 0 bridgehead atoms. The number of Topliss-reactive ketones (excluding diaryl/α,β-unsaturated/α-hetero) is 1. The third-order valence-electron chi connectivity index (χ3n) is 5.05. The highest BCUT2D eigenvalue weighted by Crippen LogP contribution is 2.41.